The van der Waals surface area contributed by atoms with Crippen LogP contribution < -0.4 is 9.47 Å². The molecule has 0 bridgehead atoms. The minimum absolute atomic E-state index is 0.182. The Labute approximate surface area is 152 Å². The molecule has 0 spiro atoms. The zero-order valence-corrected chi connectivity index (χ0v) is 14.8. The Morgan fingerprint density at radius 3 is 2.32 bits per heavy atom. The van der Waals surface area contributed by atoms with Crippen molar-refractivity contribution in [1.29, 1.82) is 0 Å². The van der Waals surface area contributed by atoms with Crippen LogP contribution in [0, 0.1) is 0 Å². The van der Waals surface area contributed by atoms with Crippen molar-refractivity contribution < 1.29 is 19.0 Å². The molecule has 5 heteroatoms. The van der Waals surface area contributed by atoms with E-state index in [1.54, 1.807) is 49.6 Å². The molecule has 0 saturated carbocycles. The number of methoxy groups -OCH3 is 2. The van der Waals surface area contributed by atoms with E-state index in [4.69, 9.17) is 25.8 Å². The molecule has 0 heterocycles. The van der Waals surface area contributed by atoms with E-state index in [-0.39, 0.29) is 5.57 Å². The van der Waals surface area contributed by atoms with Crippen molar-refractivity contribution in [2.45, 2.75) is 6.10 Å². The largest absolute Gasteiger partial charge is 0.497 e. The van der Waals surface area contributed by atoms with Crippen molar-refractivity contribution in [2.75, 3.05) is 14.2 Å². The average molecular weight is 359 g/mol. The number of hydrogen-bond acceptors (Lipinski definition) is 4. The predicted octanol–water partition coefficient (Wildman–Crippen LogP) is 4.54. The number of esters is 1. The molecule has 0 fully saturated rings. The molecule has 130 valence electrons. The summed E-state index contributed by atoms with van der Waals surface area (Å²) < 4.78 is 15.7. The van der Waals surface area contributed by atoms with Crippen molar-refractivity contribution >= 4 is 23.6 Å². The van der Waals surface area contributed by atoms with Gasteiger partial charge in [-0.1, -0.05) is 42.5 Å². The Balaban J connectivity index is 2.24. The molecule has 0 aliphatic heterocycles. The van der Waals surface area contributed by atoms with Gasteiger partial charge in [0.05, 0.1) is 19.8 Å². The monoisotopic (exact) mass is 358 g/mol. The summed E-state index contributed by atoms with van der Waals surface area (Å²) >= 11 is 6.15. The van der Waals surface area contributed by atoms with Crippen LogP contribution in [0.3, 0.4) is 0 Å². The first-order valence-corrected chi connectivity index (χ1v) is 7.93. The first-order valence-electron chi connectivity index (χ1n) is 7.55. The first kappa shape index (κ1) is 18.6. The third-order valence-corrected chi connectivity index (χ3v) is 3.81. The highest BCUT2D eigenvalue weighted by Gasteiger charge is 2.19. The molecule has 0 amide bonds. The number of halogens is 1. The third-order valence-electron chi connectivity index (χ3n) is 3.47. The highest BCUT2D eigenvalue weighted by molar-refractivity contribution is 6.32. The molecule has 2 aromatic carbocycles. The normalized spacial score (nSPS) is 11.8. The standard InChI is InChI=1S/C20H19ClO4/c1-14(20(22)24-3)19(13-8-15-6-4-5-7-18(15)21)25-17-11-9-16(23-2)10-12-17/h4-13,19H,1H2,2-3H3/b13-8+/t19-/m0/s1. The second-order valence-electron chi connectivity index (χ2n) is 5.11. The minimum atomic E-state index is -0.697. The second kappa shape index (κ2) is 8.94. The van der Waals surface area contributed by atoms with Crippen molar-refractivity contribution in [3.05, 3.63) is 77.3 Å². The first-order chi connectivity index (χ1) is 12.0. The van der Waals surface area contributed by atoms with Crippen LogP contribution in [0.5, 0.6) is 11.5 Å². The van der Waals surface area contributed by atoms with Gasteiger partial charge in [-0.3, -0.25) is 0 Å². The maximum Gasteiger partial charge on any atom is 0.337 e. The van der Waals surface area contributed by atoms with Crippen molar-refractivity contribution in [3.63, 3.8) is 0 Å². The van der Waals surface area contributed by atoms with Crippen LogP contribution in [0.25, 0.3) is 6.08 Å². The van der Waals surface area contributed by atoms with Gasteiger partial charge in [-0.15, -0.1) is 0 Å². The predicted molar refractivity (Wildman–Crippen MR) is 99.1 cm³/mol. The minimum Gasteiger partial charge on any atom is -0.497 e. The number of carbonyl (C=O) groups excluding carboxylic acids is 1. The zero-order chi connectivity index (χ0) is 18.2. The van der Waals surface area contributed by atoms with Gasteiger partial charge in [-0.25, -0.2) is 4.79 Å². The highest BCUT2D eigenvalue weighted by Crippen LogP contribution is 2.22. The molecule has 0 unspecified atom stereocenters. The van der Waals surface area contributed by atoms with Crippen LogP contribution in [0.4, 0.5) is 0 Å². The Morgan fingerprint density at radius 2 is 1.72 bits per heavy atom. The van der Waals surface area contributed by atoms with Gasteiger partial charge in [0.25, 0.3) is 0 Å². The summed E-state index contributed by atoms with van der Waals surface area (Å²) in [6, 6.07) is 14.4. The van der Waals surface area contributed by atoms with Gasteiger partial charge in [0, 0.05) is 5.02 Å². The summed E-state index contributed by atoms with van der Waals surface area (Å²) in [5, 5.41) is 0.602. The molecule has 2 rings (SSSR count). The highest BCUT2D eigenvalue weighted by atomic mass is 35.5. The molecule has 25 heavy (non-hydrogen) atoms. The molecule has 2 aromatic rings. The fourth-order valence-electron chi connectivity index (χ4n) is 2.08. The maximum absolute atomic E-state index is 11.8. The molecule has 0 N–H and O–H groups in total. The van der Waals surface area contributed by atoms with Gasteiger partial charge in [-0.05, 0) is 42.0 Å². The van der Waals surface area contributed by atoms with E-state index in [9.17, 15) is 4.79 Å². The van der Waals surface area contributed by atoms with Crippen LogP contribution in [-0.2, 0) is 9.53 Å². The molecule has 1 atom stereocenters. The van der Waals surface area contributed by atoms with Gasteiger partial charge < -0.3 is 14.2 Å². The number of benzene rings is 2. The third kappa shape index (κ3) is 5.13. The van der Waals surface area contributed by atoms with Gasteiger partial charge >= 0.3 is 5.97 Å². The molecule has 4 nitrogen and oxygen atoms in total. The molecule has 0 radical (unpaired) electrons. The lowest BCUT2D eigenvalue weighted by Crippen LogP contribution is -2.22. The number of rotatable bonds is 7. The maximum atomic E-state index is 11.8. The van der Waals surface area contributed by atoms with E-state index < -0.39 is 12.1 Å². The van der Waals surface area contributed by atoms with Crippen LogP contribution in [0.2, 0.25) is 5.02 Å². The van der Waals surface area contributed by atoms with Gasteiger partial charge in [0.1, 0.15) is 17.6 Å². The van der Waals surface area contributed by atoms with Crippen LogP contribution in [0.15, 0.2) is 66.8 Å². The Hall–Kier alpha value is -2.72. The van der Waals surface area contributed by atoms with E-state index in [1.165, 1.54) is 7.11 Å². The Morgan fingerprint density at radius 1 is 1.08 bits per heavy atom. The molecule has 0 aliphatic rings. The molecule has 0 aliphatic carbocycles. The van der Waals surface area contributed by atoms with E-state index in [1.807, 2.05) is 18.2 Å². The van der Waals surface area contributed by atoms with Crippen LogP contribution in [-0.4, -0.2) is 26.3 Å². The summed E-state index contributed by atoms with van der Waals surface area (Å²) in [5.41, 5.74) is 0.992. The molecular formula is C20H19ClO4. The lowest BCUT2D eigenvalue weighted by atomic mass is 10.1. The van der Waals surface area contributed by atoms with E-state index >= 15 is 0 Å². The summed E-state index contributed by atoms with van der Waals surface area (Å²) in [4.78, 5) is 11.8. The number of carbonyl (C=O) groups is 1. The lowest BCUT2D eigenvalue weighted by molar-refractivity contribution is -0.136. The summed E-state index contributed by atoms with van der Waals surface area (Å²) in [5.74, 6) is 0.740. The summed E-state index contributed by atoms with van der Waals surface area (Å²) in [6.45, 7) is 3.78. The van der Waals surface area contributed by atoms with Crippen LogP contribution in [0.1, 0.15) is 5.56 Å². The van der Waals surface area contributed by atoms with Crippen molar-refractivity contribution in [3.8, 4) is 11.5 Å². The Bertz CT molecular complexity index is 766. The number of ether oxygens (including phenoxy) is 3. The van der Waals surface area contributed by atoms with Gasteiger partial charge in [0.2, 0.25) is 0 Å². The molecule has 0 aromatic heterocycles. The second-order valence-corrected chi connectivity index (χ2v) is 5.52. The van der Waals surface area contributed by atoms with E-state index in [0.717, 1.165) is 5.56 Å². The summed E-state index contributed by atoms with van der Waals surface area (Å²) in [7, 11) is 2.89. The topological polar surface area (TPSA) is 44.8 Å². The quantitative estimate of drug-likeness (QED) is 0.538. The molecule has 0 saturated heterocycles. The van der Waals surface area contributed by atoms with Gasteiger partial charge in [0.15, 0.2) is 0 Å². The fourth-order valence-corrected chi connectivity index (χ4v) is 2.27. The average Bonchev–Trinajstić information content (AvgIpc) is 2.65. The smallest absolute Gasteiger partial charge is 0.337 e. The SMILES string of the molecule is C=C(C(=O)OC)[C@H](/C=C/c1ccccc1Cl)Oc1ccc(OC)cc1. The van der Waals surface area contributed by atoms with Gasteiger partial charge in [-0.2, -0.15) is 0 Å². The zero-order valence-electron chi connectivity index (χ0n) is 14.1. The van der Waals surface area contributed by atoms with E-state index in [0.29, 0.717) is 16.5 Å². The number of hydrogen-bond donors (Lipinski definition) is 0. The van der Waals surface area contributed by atoms with Crippen molar-refractivity contribution in [1.82, 2.24) is 0 Å². The lowest BCUT2D eigenvalue weighted by Gasteiger charge is -2.17. The Kier molecular flexibility index (Phi) is 6.66. The van der Waals surface area contributed by atoms with E-state index in [2.05, 4.69) is 6.58 Å². The van der Waals surface area contributed by atoms with Crippen LogP contribution >= 0.6 is 11.6 Å². The molecular weight excluding hydrogens is 340 g/mol. The summed E-state index contributed by atoms with van der Waals surface area (Å²) in [6.07, 6.45) is 2.80. The van der Waals surface area contributed by atoms with Crippen molar-refractivity contribution in [2.24, 2.45) is 0 Å². The fraction of sp³-hybridized carbons (Fsp3) is 0.150.